The van der Waals surface area contributed by atoms with E-state index in [1.165, 1.54) is 5.56 Å². The Hall–Kier alpha value is -0.580. The first kappa shape index (κ1) is 15.5. The smallest absolute Gasteiger partial charge is 0.119 e. The van der Waals surface area contributed by atoms with Gasteiger partial charge < -0.3 is 14.8 Å². The fraction of sp³-hybridized carbons (Fsp3) is 0.571. The lowest BCUT2D eigenvalue weighted by molar-refractivity contribution is 0.184. The zero-order valence-electron chi connectivity index (χ0n) is 11.2. The maximum absolute atomic E-state index is 5.72. The minimum Gasteiger partial charge on any atom is -0.494 e. The molecule has 0 aliphatic rings. The van der Waals surface area contributed by atoms with Crippen LogP contribution in [-0.2, 0) is 11.3 Å². The first-order chi connectivity index (χ1) is 8.77. The third-order valence-corrected chi connectivity index (χ3v) is 3.37. The topological polar surface area (TPSA) is 30.5 Å². The summed E-state index contributed by atoms with van der Waals surface area (Å²) < 4.78 is 11.8. The van der Waals surface area contributed by atoms with Gasteiger partial charge in [0.2, 0.25) is 0 Å². The molecule has 0 atom stereocenters. The molecule has 1 aromatic carbocycles. The second kappa shape index (κ2) is 9.36. The van der Waals surface area contributed by atoms with E-state index < -0.39 is 0 Å². The van der Waals surface area contributed by atoms with E-state index in [-0.39, 0.29) is 0 Å². The lowest BCUT2D eigenvalue weighted by Gasteiger charge is -2.10. The number of hydrogen-bond donors (Lipinski definition) is 1. The Morgan fingerprint density at radius 3 is 2.72 bits per heavy atom. The lowest BCUT2D eigenvalue weighted by atomic mass is 10.2. The van der Waals surface area contributed by atoms with E-state index in [1.54, 1.807) is 7.11 Å². The number of halogens is 1. The third-order valence-electron chi connectivity index (χ3n) is 2.59. The molecule has 3 nitrogen and oxygen atoms in total. The van der Waals surface area contributed by atoms with Crippen molar-refractivity contribution in [1.29, 1.82) is 0 Å². The summed E-state index contributed by atoms with van der Waals surface area (Å²) in [4.78, 5) is 0. The minimum absolute atomic E-state index is 0.742. The first-order valence-electron chi connectivity index (χ1n) is 6.38. The molecule has 0 bridgehead atoms. The van der Waals surface area contributed by atoms with Crippen molar-refractivity contribution in [2.24, 2.45) is 0 Å². The quantitative estimate of drug-likeness (QED) is 0.709. The summed E-state index contributed by atoms with van der Waals surface area (Å²) in [5, 5.41) is 3.31. The highest BCUT2D eigenvalue weighted by atomic mass is 79.9. The van der Waals surface area contributed by atoms with E-state index in [0.717, 1.165) is 49.4 Å². The van der Waals surface area contributed by atoms with Crippen LogP contribution in [0.3, 0.4) is 0 Å². The highest BCUT2D eigenvalue weighted by Crippen LogP contribution is 2.22. The Bertz CT molecular complexity index is 345. The van der Waals surface area contributed by atoms with Crippen molar-refractivity contribution in [3.63, 3.8) is 0 Å². The van der Waals surface area contributed by atoms with Gasteiger partial charge in [0.15, 0.2) is 0 Å². The van der Waals surface area contributed by atoms with E-state index in [0.29, 0.717) is 0 Å². The van der Waals surface area contributed by atoms with Gasteiger partial charge in [-0.05, 0) is 43.1 Å². The third kappa shape index (κ3) is 5.85. The fourth-order valence-electron chi connectivity index (χ4n) is 1.57. The zero-order valence-corrected chi connectivity index (χ0v) is 12.8. The predicted molar refractivity (Wildman–Crippen MR) is 78.1 cm³/mol. The van der Waals surface area contributed by atoms with Gasteiger partial charge in [0.05, 0.1) is 6.61 Å². The summed E-state index contributed by atoms with van der Waals surface area (Å²) in [6, 6.07) is 6.12. The molecule has 102 valence electrons. The van der Waals surface area contributed by atoms with E-state index in [9.17, 15) is 0 Å². The molecule has 18 heavy (non-hydrogen) atoms. The van der Waals surface area contributed by atoms with Gasteiger partial charge in [-0.2, -0.15) is 0 Å². The highest BCUT2D eigenvalue weighted by Gasteiger charge is 2.02. The van der Waals surface area contributed by atoms with Gasteiger partial charge in [-0.25, -0.2) is 0 Å². The molecule has 0 aromatic heterocycles. The van der Waals surface area contributed by atoms with Gasteiger partial charge in [0.25, 0.3) is 0 Å². The fourth-order valence-corrected chi connectivity index (χ4v) is 1.96. The van der Waals surface area contributed by atoms with E-state index in [2.05, 4.69) is 34.2 Å². The van der Waals surface area contributed by atoms with Crippen LogP contribution in [0.1, 0.15) is 25.3 Å². The summed E-state index contributed by atoms with van der Waals surface area (Å²) in [5.41, 5.74) is 1.23. The number of hydrogen-bond acceptors (Lipinski definition) is 3. The summed E-state index contributed by atoms with van der Waals surface area (Å²) in [6.07, 6.45) is 2.06. The molecule has 4 heteroatoms. The van der Waals surface area contributed by atoms with Gasteiger partial charge in [-0.15, -0.1) is 0 Å². The molecule has 1 N–H and O–H groups in total. The summed E-state index contributed by atoms with van der Waals surface area (Å²) >= 11 is 3.55. The van der Waals surface area contributed by atoms with Crippen LogP contribution in [0.15, 0.2) is 22.7 Å². The van der Waals surface area contributed by atoms with Crippen molar-refractivity contribution in [3.05, 3.63) is 28.2 Å². The zero-order chi connectivity index (χ0) is 13.2. The van der Waals surface area contributed by atoms with Crippen LogP contribution >= 0.6 is 15.9 Å². The molecule has 0 fully saturated rings. The number of ether oxygens (including phenoxy) is 2. The molecule has 0 amide bonds. The van der Waals surface area contributed by atoms with E-state index in [1.807, 2.05) is 12.1 Å². The molecule has 0 aliphatic heterocycles. The molecular formula is C14H22BrNO2. The molecule has 1 rings (SSSR count). The van der Waals surface area contributed by atoms with Gasteiger partial charge in [0.1, 0.15) is 5.75 Å². The van der Waals surface area contributed by atoms with Gasteiger partial charge in [0, 0.05) is 24.7 Å². The van der Waals surface area contributed by atoms with Crippen molar-refractivity contribution >= 4 is 15.9 Å². The Kier molecular flexibility index (Phi) is 8.05. The monoisotopic (exact) mass is 315 g/mol. The molecule has 0 unspecified atom stereocenters. The second-order valence-electron chi connectivity index (χ2n) is 4.08. The molecule has 0 spiro atoms. The van der Waals surface area contributed by atoms with Gasteiger partial charge >= 0.3 is 0 Å². The van der Waals surface area contributed by atoms with E-state index in [4.69, 9.17) is 9.47 Å². The van der Waals surface area contributed by atoms with Crippen LogP contribution in [0, 0.1) is 0 Å². The van der Waals surface area contributed by atoms with Crippen molar-refractivity contribution in [1.82, 2.24) is 5.32 Å². The number of rotatable bonds is 9. The second-order valence-corrected chi connectivity index (χ2v) is 4.94. The first-order valence-corrected chi connectivity index (χ1v) is 7.18. The Balaban J connectivity index is 2.40. The van der Waals surface area contributed by atoms with Gasteiger partial charge in [-0.3, -0.25) is 0 Å². The molecule has 0 radical (unpaired) electrons. The Morgan fingerprint density at radius 1 is 1.22 bits per heavy atom. The van der Waals surface area contributed by atoms with Crippen molar-refractivity contribution in [3.8, 4) is 5.75 Å². The van der Waals surface area contributed by atoms with E-state index >= 15 is 0 Å². The number of benzene rings is 1. The molecule has 0 heterocycles. The number of nitrogens with one attached hydrogen (secondary N) is 1. The van der Waals surface area contributed by atoms with Crippen molar-refractivity contribution in [2.45, 2.75) is 26.3 Å². The average molecular weight is 316 g/mol. The molecular weight excluding hydrogens is 294 g/mol. The molecule has 1 aromatic rings. The van der Waals surface area contributed by atoms with Crippen LogP contribution in [0.2, 0.25) is 0 Å². The van der Waals surface area contributed by atoms with Crippen LogP contribution in [0.25, 0.3) is 0 Å². The van der Waals surface area contributed by atoms with Gasteiger partial charge in [-0.1, -0.05) is 22.9 Å². The van der Waals surface area contributed by atoms with Crippen LogP contribution < -0.4 is 10.1 Å². The van der Waals surface area contributed by atoms with Crippen LogP contribution in [0.5, 0.6) is 5.75 Å². The predicted octanol–water partition coefficient (Wildman–Crippen LogP) is 3.36. The SMILES string of the molecule is CCNCc1cc(OCCCCOC)ccc1Br. The molecule has 0 aliphatic carbocycles. The normalized spacial score (nSPS) is 10.6. The average Bonchev–Trinajstić information content (AvgIpc) is 2.39. The van der Waals surface area contributed by atoms with Crippen LogP contribution in [0.4, 0.5) is 0 Å². The number of unbranched alkanes of at least 4 members (excludes halogenated alkanes) is 1. The highest BCUT2D eigenvalue weighted by molar-refractivity contribution is 9.10. The summed E-state index contributed by atoms with van der Waals surface area (Å²) in [6.45, 7) is 5.47. The van der Waals surface area contributed by atoms with Crippen molar-refractivity contribution in [2.75, 3.05) is 26.9 Å². The maximum Gasteiger partial charge on any atom is 0.119 e. The number of methoxy groups -OCH3 is 1. The summed E-state index contributed by atoms with van der Waals surface area (Å²) in [5.74, 6) is 0.934. The van der Waals surface area contributed by atoms with Crippen LogP contribution in [-0.4, -0.2) is 26.9 Å². The lowest BCUT2D eigenvalue weighted by Crippen LogP contribution is -2.12. The largest absolute Gasteiger partial charge is 0.494 e. The summed E-state index contributed by atoms with van der Waals surface area (Å²) in [7, 11) is 1.72. The Morgan fingerprint density at radius 2 is 2.00 bits per heavy atom. The molecule has 0 saturated heterocycles. The Labute approximate surface area is 118 Å². The molecule has 0 saturated carbocycles. The maximum atomic E-state index is 5.72. The van der Waals surface area contributed by atoms with Crippen molar-refractivity contribution < 1.29 is 9.47 Å². The minimum atomic E-state index is 0.742. The standard InChI is InChI=1S/C14H22BrNO2/c1-3-16-11-12-10-13(6-7-14(12)15)18-9-5-4-8-17-2/h6-7,10,16H,3-5,8-9,11H2,1-2H3.